The molecular weight excluding hydrogens is 326 g/mol. The van der Waals surface area contributed by atoms with Gasteiger partial charge in [0.15, 0.2) is 11.5 Å². The van der Waals surface area contributed by atoms with E-state index in [0.717, 1.165) is 16.6 Å². The highest BCUT2D eigenvalue weighted by Gasteiger charge is 2.03. The zero-order chi connectivity index (χ0) is 16.9. The molecule has 0 amide bonds. The van der Waals surface area contributed by atoms with E-state index in [-0.39, 0.29) is 11.5 Å². The van der Waals surface area contributed by atoms with Crippen molar-refractivity contribution in [3.63, 3.8) is 0 Å². The number of nitrogens with zero attached hydrogens (tertiary/aromatic N) is 2. The lowest BCUT2D eigenvalue weighted by Gasteiger charge is -2.08. The van der Waals surface area contributed by atoms with Gasteiger partial charge in [0, 0.05) is 40.6 Å². The Labute approximate surface area is 144 Å². The van der Waals surface area contributed by atoms with Crippen LogP contribution in [-0.4, -0.2) is 34.5 Å². The molecule has 3 N–H and O–H groups in total. The Hall–Kier alpha value is -2.79. The molecule has 0 unspecified atom stereocenters. The molecule has 0 radical (unpaired) electrons. The molecule has 5 nitrogen and oxygen atoms in total. The molecule has 0 saturated carbocycles. The van der Waals surface area contributed by atoms with Crippen molar-refractivity contribution in [1.29, 1.82) is 0 Å². The van der Waals surface area contributed by atoms with Crippen LogP contribution in [0.5, 0.6) is 11.5 Å². The third-order valence-corrected chi connectivity index (χ3v) is 3.77. The van der Waals surface area contributed by atoms with Crippen molar-refractivity contribution in [2.24, 2.45) is 4.99 Å². The molecule has 0 aliphatic rings. The molecule has 0 fully saturated rings. The maximum absolute atomic E-state index is 9.70. The minimum atomic E-state index is -0.161. The van der Waals surface area contributed by atoms with E-state index in [9.17, 15) is 10.2 Å². The number of pyridine rings is 1. The van der Waals surface area contributed by atoms with Crippen LogP contribution in [0.15, 0.2) is 53.7 Å². The molecule has 0 bridgehead atoms. The molecule has 0 atom stereocenters. The molecule has 122 valence electrons. The molecule has 0 spiro atoms. The second-order valence-corrected chi connectivity index (χ2v) is 5.63. The first-order chi connectivity index (χ1) is 11.6. The fourth-order valence-corrected chi connectivity index (χ4v) is 2.51. The van der Waals surface area contributed by atoms with Crippen molar-refractivity contribution in [2.75, 3.05) is 18.4 Å². The van der Waals surface area contributed by atoms with Gasteiger partial charge in [0.25, 0.3) is 0 Å². The molecular formula is C18H16ClN3O2. The summed E-state index contributed by atoms with van der Waals surface area (Å²) in [5, 5.41) is 24.1. The van der Waals surface area contributed by atoms with Gasteiger partial charge in [-0.1, -0.05) is 17.7 Å². The van der Waals surface area contributed by atoms with Crippen molar-refractivity contribution in [2.45, 2.75) is 0 Å². The maximum atomic E-state index is 9.70. The van der Waals surface area contributed by atoms with E-state index in [1.54, 1.807) is 24.5 Å². The average Bonchev–Trinajstić information content (AvgIpc) is 2.58. The summed E-state index contributed by atoms with van der Waals surface area (Å²) in [6.07, 6.45) is 3.27. The number of phenolic OH excluding ortho intramolecular Hbond substituents is 2. The second kappa shape index (κ2) is 7.19. The molecule has 0 aliphatic carbocycles. The largest absolute Gasteiger partial charge is 0.504 e. The van der Waals surface area contributed by atoms with Crippen LogP contribution in [0, 0.1) is 0 Å². The summed E-state index contributed by atoms with van der Waals surface area (Å²) < 4.78 is 0. The van der Waals surface area contributed by atoms with Crippen LogP contribution >= 0.6 is 11.6 Å². The van der Waals surface area contributed by atoms with Gasteiger partial charge >= 0.3 is 0 Å². The number of aromatic nitrogens is 1. The highest BCUT2D eigenvalue weighted by Crippen LogP contribution is 2.27. The first-order valence-electron chi connectivity index (χ1n) is 7.44. The first-order valence-corrected chi connectivity index (χ1v) is 7.82. The molecule has 2 aromatic carbocycles. The number of aromatic hydroxyl groups is 2. The Balaban J connectivity index is 1.63. The zero-order valence-electron chi connectivity index (χ0n) is 12.8. The quantitative estimate of drug-likeness (QED) is 0.374. The molecule has 3 aromatic rings. The number of benzene rings is 2. The highest BCUT2D eigenvalue weighted by molar-refractivity contribution is 6.31. The molecule has 1 heterocycles. The van der Waals surface area contributed by atoms with Gasteiger partial charge in [-0.2, -0.15) is 0 Å². The van der Waals surface area contributed by atoms with E-state index in [1.165, 1.54) is 6.07 Å². The Morgan fingerprint density at radius 3 is 2.92 bits per heavy atom. The van der Waals surface area contributed by atoms with Crippen LogP contribution in [0.1, 0.15) is 5.56 Å². The number of halogens is 1. The van der Waals surface area contributed by atoms with E-state index in [1.807, 2.05) is 24.3 Å². The number of fused-ring (bicyclic) bond motifs is 1. The van der Waals surface area contributed by atoms with Gasteiger partial charge in [-0.25, -0.2) is 0 Å². The molecule has 0 saturated heterocycles. The minimum absolute atomic E-state index is 0.154. The summed E-state index contributed by atoms with van der Waals surface area (Å²) in [7, 11) is 0. The Morgan fingerprint density at radius 1 is 1.17 bits per heavy atom. The van der Waals surface area contributed by atoms with Crippen LogP contribution in [-0.2, 0) is 0 Å². The lowest BCUT2D eigenvalue weighted by Crippen LogP contribution is -2.05. The predicted octanol–water partition coefficient (Wildman–Crippen LogP) is 3.83. The molecule has 3 rings (SSSR count). The van der Waals surface area contributed by atoms with Crippen molar-refractivity contribution >= 4 is 34.4 Å². The van der Waals surface area contributed by atoms with Gasteiger partial charge in [-0.05, 0) is 36.4 Å². The van der Waals surface area contributed by atoms with Gasteiger partial charge in [0.1, 0.15) is 0 Å². The third kappa shape index (κ3) is 3.58. The van der Waals surface area contributed by atoms with Crippen LogP contribution in [0.3, 0.4) is 0 Å². The Morgan fingerprint density at radius 2 is 2.04 bits per heavy atom. The van der Waals surface area contributed by atoms with Crippen molar-refractivity contribution in [1.82, 2.24) is 4.98 Å². The monoisotopic (exact) mass is 341 g/mol. The number of aliphatic imine (C=N–C) groups is 1. The van der Waals surface area contributed by atoms with Crippen LogP contribution in [0.25, 0.3) is 10.9 Å². The number of hydrogen-bond donors (Lipinski definition) is 3. The predicted molar refractivity (Wildman–Crippen MR) is 97.5 cm³/mol. The number of anilines is 1. The van der Waals surface area contributed by atoms with Gasteiger partial charge in [-0.15, -0.1) is 0 Å². The maximum Gasteiger partial charge on any atom is 0.166 e. The van der Waals surface area contributed by atoms with E-state index in [0.29, 0.717) is 23.7 Å². The summed E-state index contributed by atoms with van der Waals surface area (Å²) >= 11 is 5.98. The van der Waals surface area contributed by atoms with Crippen LogP contribution in [0.2, 0.25) is 5.02 Å². The Bertz CT molecular complexity index is 897. The van der Waals surface area contributed by atoms with Gasteiger partial charge in [-0.3, -0.25) is 9.98 Å². The molecule has 1 aromatic heterocycles. The third-order valence-electron chi connectivity index (χ3n) is 3.54. The number of phenols is 2. The van der Waals surface area contributed by atoms with Crippen LogP contribution < -0.4 is 5.32 Å². The number of para-hydroxylation sites is 1. The van der Waals surface area contributed by atoms with Gasteiger partial charge < -0.3 is 15.5 Å². The molecule has 0 aliphatic heterocycles. The van der Waals surface area contributed by atoms with E-state index in [2.05, 4.69) is 15.3 Å². The van der Waals surface area contributed by atoms with Crippen molar-refractivity contribution in [3.05, 3.63) is 59.2 Å². The topological polar surface area (TPSA) is 77.7 Å². The first kappa shape index (κ1) is 16.1. The van der Waals surface area contributed by atoms with Crippen LogP contribution in [0.4, 0.5) is 5.69 Å². The summed E-state index contributed by atoms with van der Waals surface area (Å²) in [5.74, 6) is -0.315. The lowest BCUT2D eigenvalue weighted by molar-refractivity contribution is 0.403. The average molecular weight is 342 g/mol. The molecule has 6 heteroatoms. The van der Waals surface area contributed by atoms with E-state index < -0.39 is 0 Å². The highest BCUT2D eigenvalue weighted by atomic mass is 35.5. The zero-order valence-corrected chi connectivity index (χ0v) is 13.5. The second-order valence-electron chi connectivity index (χ2n) is 5.20. The fraction of sp³-hybridized carbons (Fsp3) is 0.111. The summed E-state index contributed by atoms with van der Waals surface area (Å²) in [6.45, 7) is 1.14. The molecule has 24 heavy (non-hydrogen) atoms. The van der Waals surface area contributed by atoms with Crippen molar-refractivity contribution < 1.29 is 10.2 Å². The Kier molecular flexibility index (Phi) is 4.82. The van der Waals surface area contributed by atoms with Crippen molar-refractivity contribution in [3.8, 4) is 11.5 Å². The minimum Gasteiger partial charge on any atom is -0.504 e. The standard InChI is InChI=1S/C18H16ClN3O2/c19-13-4-5-14-15(6-7-21-16(14)10-13)22-9-8-20-11-12-2-1-3-17(23)18(12)24/h1-7,10-11,23-24H,8-9H2,(H,21,22). The summed E-state index contributed by atoms with van der Waals surface area (Å²) in [4.78, 5) is 8.56. The normalized spacial score (nSPS) is 11.2. The van der Waals surface area contributed by atoms with E-state index in [4.69, 9.17) is 11.6 Å². The summed E-state index contributed by atoms with van der Waals surface area (Å²) in [5.41, 5.74) is 2.28. The van der Waals surface area contributed by atoms with Gasteiger partial charge in [0.2, 0.25) is 0 Å². The summed E-state index contributed by atoms with van der Waals surface area (Å²) in [6, 6.07) is 12.3. The van der Waals surface area contributed by atoms with Gasteiger partial charge in [0.05, 0.1) is 12.1 Å². The fourth-order valence-electron chi connectivity index (χ4n) is 2.35. The SMILES string of the molecule is Oc1cccc(C=NCCNc2ccnc3cc(Cl)ccc23)c1O. The smallest absolute Gasteiger partial charge is 0.166 e. The number of hydrogen-bond acceptors (Lipinski definition) is 5. The lowest BCUT2D eigenvalue weighted by atomic mass is 10.2. The number of rotatable bonds is 5. The number of nitrogens with one attached hydrogen (secondary N) is 1. The van der Waals surface area contributed by atoms with E-state index >= 15 is 0 Å².